The van der Waals surface area contributed by atoms with Gasteiger partial charge in [-0.15, -0.1) is 0 Å². The third-order valence-corrected chi connectivity index (χ3v) is 5.84. The molecule has 2 unspecified atom stereocenters. The Bertz CT molecular complexity index is 589. The van der Waals surface area contributed by atoms with Crippen LogP contribution < -0.4 is 5.73 Å². The topological polar surface area (TPSA) is 63.4 Å². The SMILES string of the molecule is Cc1ccc(F)c(S(=O)(=O)N2CCC(C)CC2CN)c1. The molecule has 4 nitrogen and oxygen atoms in total. The van der Waals surface area contributed by atoms with E-state index in [9.17, 15) is 12.8 Å². The first-order chi connectivity index (χ1) is 9.36. The van der Waals surface area contributed by atoms with Crippen molar-refractivity contribution in [1.29, 1.82) is 0 Å². The zero-order valence-corrected chi connectivity index (χ0v) is 12.7. The summed E-state index contributed by atoms with van der Waals surface area (Å²) in [5, 5.41) is 0. The molecular weight excluding hydrogens is 279 g/mol. The maximum absolute atomic E-state index is 13.9. The molecule has 0 amide bonds. The van der Waals surface area contributed by atoms with E-state index < -0.39 is 15.8 Å². The highest BCUT2D eigenvalue weighted by molar-refractivity contribution is 7.89. The largest absolute Gasteiger partial charge is 0.329 e. The highest BCUT2D eigenvalue weighted by Gasteiger charge is 2.36. The van der Waals surface area contributed by atoms with E-state index in [1.165, 1.54) is 16.4 Å². The van der Waals surface area contributed by atoms with E-state index >= 15 is 0 Å². The molecule has 1 aromatic rings. The second kappa shape index (κ2) is 5.79. The van der Waals surface area contributed by atoms with Gasteiger partial charge in [0.05, 0.1) is 0 Å². The lowest BCUT2D eigenvalue weighted by molar-refractivity contribution is 0.210. The van der Waals surface area contributed by atoms with Gasteiger partial charge in [-0.2, -0.15) is 4.31 Å². The minimum absolute atomic E-state index is 0.245. The molecular formula is C14H21FN2O2S. The molecule has 0 bridgehead atoms. The molecule has 1 aromatic carbocycles. The Morgan fingerprint density at radius 3 is 2.80 bits per heavy atom. The van der Waals surface area contributed by atoms with Gasteiger partial charge in [0.25, 0.3) is 0 Å². The molecule has 2 atom stereocenters. The van der Waals surface area contributed by atoms with Gasteiger partial charge >= 0.3 is 0 Å². The lowest BCUT2D eigenvalue weighted by Gasteiger charge is -2.36. The average molecular weight is 300 g/mol. The first-order valence-electron chi connectivity index (χ1n) is 6.84. The molecule has 0 spiro atoms. The minimum Gasteiger partial charge on any atom is -0.329 e. The summed E-state index contributed by atoms with van der Waals surface area (Å²) in [5.74, 6) is -0.262. The van der Waals surface area contributed by atoms with Gasteiger partial charge in [0.15, 0.2) is 0 Å². The third kappa shape index (κ3) is 2.87. The van der Waals surface area contributed by atoms with Gasteiger partial charge < -0.3 is 5.73 Å². The van der Waals surface area contributed by atoms with Crippen LogP contribution in [0.1, 0.15) is 25.3 Å². The molecule has 0 saturated carbocycles. The van der Waals surface area contributed by atoms with Crippen molar-refractivity contribution < 1.29 is 12.8 Å². The van der Waals surface area contributed by atoms with E-state index in [2.05, 4.69) is 6.92 Å². The number of piperidine rings is 1. The first-order valence-corrected chi connectivity index (χ1v) is 8.28. The van der Waals surface area contributed by atoms with Crippen LogP contribution in [0.2, 0.25) is 0 Å². The Labute approximate surface area is 119 Å². The van der Waals surface area contributed by atoms with E-state index in [0.717, 1.165) is 18.4 Å². The van der Waals surface area contributed by atoms with Gasteiger partial charge in [0.1, 0.15) is 10.7 Å². The Morgan fingerprint density at radius 2 is 2.15 bits per heavy atom. The molecule has 0 aromatic heterocycles. The van der Waals surface area contributed by atoms with Crippen molar-refractivity contribution >= 4 is 10.0 Å². The number of hydrogen-bond acceptors (Lipinski definition) is 3. The number of sulfonamides is 1. The van der Waals surface area contributed by atoms with Crippen LogP contribution in [0.4, 0.5) is 4.39 Å². The first kappa shape index (κ1) is 15.4. The molecule has 1 saturated heterocycles. The predicted molar refractivity (Wildman–Crippen MR) is 76.3 cm³/mol. The van der Waals surface area contributed by atoms with Crippen LogP contribution in [0.5, 0.6) is 0 Å². The second-order valence-electron chi connectivity index (χ2n) is 5.57. The van der Waals surface area contributed by atoms with Gasteiger partial charge in [0.2, 0.25) is 10.0 Å². The molecule has 1 heterocycles. The Balaban J connectivity index is 2.41. The predicted octanol–water partition coefficient (Wildman–Crippen LogP) is 1.88. The highest BCUT2D eigenvalue weighted by Crippen LogP contribution is 2.29. The van der Waals surface area contributed by atoms with Crippen LogP contribution in [-0.2, 0) is 10.0 Å². The number of benzene rings is 1. The van der Waals surface area contributed by atoms with Crippen molar-refractivity contribution in [2.45, 2.75) is 37.6 Å². The molecule has 1 aliphatic heterocycles. The van der Waals surface area contributed by atoms with Gasteiger partial charge in [0, 0.05) is 19.1 Å². The molecule has 2 rings (SSSR count). The lowest BCUT2D eigenvalue weighted by atomic mass is 9.94. The van der Waals surface area contributed by atoms with Crippen molar-refractivity contribution in [2.24, 2.45) is 11.7 Å². The van der Waals surface area contributed by atoms with E-state index in [0.29, 0.717) is 12.5 Å². The summed E-state index contributed by atoms with van der Waals surface area (Å²) in [4.78, 5) is -0.245. The van der Waals surface area contributed by atoms with Crippen molar-refractivity contribution in [1.82, 2.24) is 4.31 Å². The lowest BCUT2D eigenvalue weighted by Crippen LogP contribution is -2.49. The molecule has 1 aliphatic rings. The van der Waals surface area contributed by atoms with Crippen molar-refractivity contribution in [2.75, 3.05) is 13.1 Å². The van der Waals surface area contributed by atoms with Crippen LogP contribution in [0.3, 0.4) is 0 Å². The fraction of sp³-hybridized carbons (Fsp3) is 0.571. The van der Waals surface area contributed by atoms with E-state index in [-0.39, 0.29) is 17.5 Å². The Kier molecular flexibility index (Phi) is 4.46. The van der Waals surface area contributed by atoms with Crippen LogP contribution in [0, 0.1) is 18.7 Å². The zero-order valence-electron chi connectivity index (χ0n) is 11.8. The Hall–Kier alpha value is -0.980. The fourth-order valence-electron chi connectivity index (χ4n) is 2.69. The standard InChI is InChI=1S/C14H21FN2O2S/c1-10-3-4-13(15)14(8-10)20(18,19)17-6-5-11(2)7-12(17)9-16/h3-4,8,11-12H,5-7,9,16H2,1-2H3. The number of halogens is 1. The van der Waals surface area contributed by atoms with Crippen LogP contribution in [0.25, 0.3) is 0 Å². The maximum Gasteiger partial charge on any atom is 0.246 e. The summed E-state index contributed by atoms with van der Waals surface area (Å²) in [7, 11) is -3.82. The number of hydrogen-bond donors (Lipinski definition) is 1. The minimum atomic E-state index is -3.82. The number of rotatable bonds is 3. The van der Waals surface area contributed by atoms with Crippen LogP contribution >= 0.6 is 0 Å². The quantitative estimate of drug-likeness (QED) is 0.927. The summed E-state index contributed by atoms with van der Waals surface area (Å²) in [6.07, 6.45) is 1.51. The molecule has 1 fully saturated rings. The van der Waals surface area contributed by atoms with Crippen LogP contribution in [0.15, 0.2) is 23.1 Å². The summed E-state index contributed by atoms with van der Waals surface area (Å²) in [5.41, 5.74) is 6.42. The zero-order chi connectivity index (χ0) is 14.9. The molecule has 6 heteroatoms. The number of nitrogens with two attached hydrogens (primary N) is 1. The third-order valence-electron chi connectivity index (χ3n) is 3.87. The number of nitrogens with zero attached hydrogens (tertiary/aromatic N) is 1. The monoisotopic (exact) mass is 300 g/mol. The van der Waals surface area contributed by atoms with Crippen molar-refractivity contribution in [3.63, 3.8) is 0 Å². The number of aryl methyl sites for hydroxylation is 1. The summed E-state index contributed by atoms with van der Waals surface area (Å²) < 4.78 is 40.6. The average Bonchev–Trinajstić information content (AvgIpc) is 2.40. The summed E-state index contributed by atoms with van der Waals surface area (Å²) in [6, 6.07) is 3.90. The van der Waals surface area contributed by atoms with E-state index in [4.69, 9.17) is 5.73 Å². The molecule has 0 aliphatic carbocycles. The van der Waals surface area contributed by atoms with Crippen molar-refractivity contribution in [3.05, 3.63) is 29.6 Å². The van der Waals surface area contributed by atoms with Crippen molar-refractivity contribution in [3.8, 4) is 0 Å². The normalized spacial score (nSPS) is 24.8. The van der Waals surface area contributed by atoms with Crippen LogP contribution in [-0.4, -0.2) is 31.9 Å². The summed E-state index contributed by atoms with van der Waals surface area (Å²) in [6.45, 7) is 4.49. The second-order valence-corrected chi connectivity index (χ2v) is 7.43. The van der Waals surface area contributed by atoms with E-state index in [1.807, 2.05) is 0 Å². The van der Waals surface area contributed by atoms with Gasteiger partial charge in [-0.05, 0) is 43.4 Å². The molecule has 112 valence electrons. The van der Waals surface area contributed by atoms with Gasteiger partial charge in [-0.25, -0.2) is 12.8 Å². The molecule has 0 radical (unpaired) electrons. The smallest absolute Gasteiger partial charge is 0.246 e. The Morgan fingerprint density at radius 1 is 1.45 bits per heavy atom. The van der Waals surface area contributed by atoms with Gasteiger partial charge in [-0.3, -0.25) is 0 Å². The van der Waals surface area contributed by atoms with Gasteiger partial charge in [-0.1, -0.05) is 13.0 Å². The summed E-state index contributed by atoms with van der Waals surface area (Å²) >= 11 is 0. The molecule has 20 heavy (non-hydrogen) atoms. The fourth-order valence-corrected chi connectivity index (χ4v) is 4.51. The highest BCUT2D eigenvalue weighted by atomic mass is 32.2. The molecule has 2 N–H and O–H groups in total. The maximum atomic E-state index is 13.9. The van der Waals surface area contributed by atoms with E-state index in [1.54, 1.807) is 13.0 Å².